The number of amides is 1. The summed E-state index contributed by atoms with van der Waals surface area (Å²) in [5.74, 6) is 0.515. The Morgan fingerprint density at radius 1 is 1.00 bits per heavy atom. The largest absolute Gasteiger partial charge is 0.481 e. The van der Waals surface area contributed by atoms with Gasteiger partial charge in [-0.15, -0.1) is 0 Å². The number of piperidine rings is 1. The van der Waals surface area contributed by atoms with Gasteiger partial charge in [-0.1, -0.05) is 36.4 Å². The molecule has 1 N–H and O–H groups in total. The highest BCUT2D eigenvalue weighted by Gasteiger charge is 2.31. The van der Waals surface area contributed by atoms with Crippen molar-refractivity contribution >= 4 is 23.1 Å². The highest BCUT2D eigenvalue weighted by molar-refractivity contribution is 5.80. The number of nitrogens with zero attached hydrogens (tertiary/aromatic N) is 3. The van der Waals surface area contributed by atoms with Gasteiger partial charge in [0.25, 0.3) is 0 Å². The number of hydrogen-bond acceptors (Lipinski definition) is 4. The molecular formula is C29H37N3O4. The van der Waals surface area contributed by atoms with Crippen molar-refractivity contribution in [2.45, 2.75) is 77.4 Å². The number of rotatable bonds is 6. The molecule has 0 aliphatic carbocycles. The van der Waals surface area contributed by atoms with E-state index in [1.54, 1.807) is 18.7 Å². The Kier molecular flexibility index (Phi) is 7.12. The molecule has 192 valence electrons. The third-order valence-electron chi connectivity index (χ3n) is 7.03. The number of imidazole rings is 1. The first kappa shape index (κ1) is 25.7. The molecule has 7 nitrogen and oxygen atoms in total. The summed E-state index contributed by atoms with van der Waals surface area (Å²) in [5.41, 5.74) is 2.64. The number of carbonyl (C=O) groups excluding carboxylic acids is 1. The van der Waals surface area contributed by atoms with Gasteiger partial charge in [-0.3, -0.25) is 4.79 Å². The van der Waals surface area contributed by atoms with Crippen LogP contribution in [0.4, 0.5) is 4.79 Å². The van der Waals surface area contributed by atoms with E-state index in [0.29, 0.717) is 13.1 Å². The normalized spacial score (nSPS) is 15.3. The third kappa shape index (κ3) is 5.55. The van der Waals surface area contributed by atoms with Crippen molar-refractivity contribution in [3.8, 4) is 0 Å². The molecule has 0 bridgehead atoms. The van der Waals surface area contributed by atoms with Gasteiger partial charge in [0.1, 0.15) is 11.4 Å². The highest BCUT2D eigenvalue weighted by atomic mass is 16.6. The molecule has 0 saturated carbocycles. The molecule has 0 unspecified atom stereocenters. The lowest BCUT2D eigenvalue weighted by Gasteiger charge is -2.33. The molecular weight excluding hydrogens is 454 g/mol. The molecule has 0 atom stereocenters. The molecule has 0 spiro atoms. The first-order valence-electron chi connectivity index (χ1n) is 12.7. The Balaban J connectivity index is 1.49. The van der Waals surface area contributed by atoms with Crippen molar-refractivity contribution in [3.05, 3.63) is 65.5 Å². The maximum atomic E-state index is 12.5. The fourth-order valence-corrected chi connectivity index (χ4v) is 4.74. The van der Waals surface area contributed by atoms with Gasteiger partial charge in [-0.05, 0) is 77.1 Å². The zero-order chi connectivity index (χ0) is 26.1. The van der Waals surface area contributed by atoms with Gasteiger partial charge in [0.05, 0.1) is 16.4 Å². The van der Waals surface area contributed by atoms with E-state index in [0.717, 1.165) is 53.8 Å². The van der Waals surface area contributed by atoms with Crippen LogP contribution >= 0.6 is 0 Å². The zero-order valence-corrected chi connectivity index (χ0v) is 22.0. The van der Waals surface area contributed by atoms with Crippen molar-refractivity contribution in [3.63, 3.8) is 0 Å². The standard InChI is InChI=1S/C29H37N3O4/c1-28(2,3)36-27(35)31-17-15-21(16-18-31)25-30-23-8-6-7-9-24(23)32(25)19-14-20-10-12-22(13-11-20)29(4,5)26(33)34/h6-13,21H,14-19H2,1-5H3,(H,33,34). The van der Waals surface area contributed by atoms with Gasteiger partial charge in [0.2, 0.25) is 0 Å². The number of ether oxygens (including phenoxy) is 1. The van der Waals surface area contributed by atoms with E-state index < -0.39 is 17.0 Å². The Hall–Kier alpha value is -3.35. The number of aromatic nitrogens is 2. The fourth-order valence-electron chi connectivity index (χ4n) is 4.74. The summed E-state index contributed by atoms with van der Waals surface area (Å²) in [5, 5.41) is 9.50. The summed E-state index contributed by atoms with van der Waals surface area (Å²) >= 11 is 0. The summed E-state index contributed by atoms with van der Waals surface area (Å²) < 4.78 is 7.87. The number of carboxylic acids is 1. The smallest absolute Gasteiger partial charge is 0.410 e. The molecule has 0 radical (unpaired) electrons. The van der Waals surface area contributed by atoms with Crippen LogP contribution in [-0.2, 0) is 27.9 Å². The van der Waals surface area contributed by atoms with Gasteiger partial charge in [0, 0.05) is 25.6 Å². The lowest BCUT2D eigenvalue weighted by atomic mass is 9.84. The van der Waals surface area contributed by atoms with Crippen molar-refractivity contribution in [1.29, 1.82) is 0 Å². The lowest BCUT2D eigenvalue weighted by molar-refractivity contribution is -0.142. The minimum atomic E-state index is -0.916. The maximum Gasteiger partial charge on any atom is 0.410 e. The number of carbonyl (C=O) groups is 2. The number of carboxylic acid groups (broad SMARTS) is 1. The van der Waals surface area contributed by atoms with Gasteiger partial charge >= 0.3 is 12.1 Å². The van der Waals surface area contributed by atoms with Crippen LogP contribution in [0.15, 0.2) is 48.5 Å². The van der Waals surface area contributed by atoms with E-state index in [1.807, 2.05) is 63.2 Å². The Morgan fingerprint density at radius 2 is 1.64 bits per heavy atom. The first-order chi connectivity index (χ1) is 17.0. The summed E-state index contributed by atoms with van der Waals surface area (Å²) in [7, 11) is 0. The Labute approximate surface area is 213 Å². The van der Waals surface area contributed by atoms with E-state index >= 15 is 0 Å². The van der Waals surface area contributed by atoms with Crippen LogP contribution in [0.25, 0.3) is 11.0 Å². The molecule has 3 aromatic rings. The quantitative estimate of drug-likeness (QED) is 0.474. The van der Waals surface area contributed by atoms with E-state index in [4.69, 9.17) is 9.72 Å². The SMILES string of the molecule is CC(C)(C)OC(=O)N1CCC(c2nc3ccccc3n2CCc2ccc(C(C)(C)C(=O)O)cc2)CC1. The van der Waals surface area contributed by atoms with Crippen molar-refractivity contribution in [1.82, 2.24) is 14.5 Å². The van der Waals surface area contributed by atoms with Crippen LogP contribution in [-0.4, -0.2) is 50.3 Å². The Bertz CT molecular complexity index is 1230. The van der Waals surface area contributed by atoms with Gasteiger partial charge < -0.3 is 19.3 Å². The summed E-state index contributed by atoms with van der Waals surface area (Å²) in [6, 6.07) is 16.1. The summed E-state index contributed by atoms with van der Waals surface area (Å²) in [4.78, 5) is 30.9. The molecule has 1 aliphatic heterocycles. The molecule has 7 heteroatoms. The van der Waals surface area contributed by atoms with Gasteiger partial charge in [-0.2, -0.15) is 0 Å². The number of likely N-dealkylation sites (tertiary alicyclic amines) is 1. The average molecular weight is 492 g/mol. The second kappa shape index (κ2) is 9.96. The van der Waals surface area contributed by atoms with Crippen molar-refractivity contribution in [2.75, 3.05) is 13.1 Å². The number of fused-ring (bicyclic) bond motifs is 1. The van der Waals surface area contributed by atoms with Crippen LogP contribution < -0.4 is 0 Å². The van der Waals surface area contributed by atoms with Crippen LogP contribution in [0.5, 0.6) is 0 Å². The number of para-hydroxylation sites is 2. The van der Waals surface area contributed by atoms with E-state index in [1.165, 1.54) is 0 Å². The fraction of sp³-hybridized carbons (Fsp3) is 0.483. The Morgan fingerprint density at radius 3 is 2.25 bits per heavy atom. The maximum absolute atomic E-state index is 12.5. The molecule has 1 saturated heterocycles. The van der Waals surface area contributed by atoms with Crippen molar-refractivity contribution in [2.24, 2.45) is 0 Å². The van der Waals surface area contributed by atoms with Crippen LogP contribution in [0.3, 0.4) is 0 Å². The minimum absolute atomic E-state index is 0.246. The second-order valence-electron chi connectivity index (χ2n) is 11.2. The molecule has 1 aromatic heterocycles. The zero-order valence-electron chi connectivity index (χ0n) is 22.0. The van der Waals surface area contributed by atoms with Gasteiger partial charge in [0.15, 0.2) is 0 Å². The number of aliphatic carboxylic acids is 1. The van der Waals surface area contributed by atoms with E-state index in [-0.39, 0.29) is 12.0 Å². The molecule has 1 aliphatic rings. The molecule has 36 heavy (non-hydrogen) atoms. The van der Waals surface area contributed by atoms with E-state index in [2.05, 4.69) is 10.6 Å². The topological polar surface area (TPSA) is 84.7 Å². The van der Waals surface area contributed by atoms with Crippen LogP contribution in [0.1, 0.15) is 70.3 Å². The monoisotopic (exact) mass is 491 g/mol. The lowest BCUT2D eigenvalue weighted by Crippen LogP contribution is -2.41. The molecule has 1 amide bonds. The minimum Gasteiger partial charge on any atom is -0.481 e. The van der Waals surface area contributed by atoms with Crippen LogP contribution in [0.2, 0.25) is 0 Å². The average Bonchev–Trinajstić information content (AvgIpc) is 3.20. The summed E-state index contributed by atoms with van der Waals surface area (Å²) in [6.45, 7) is 11.2. The second-order valence-corrected chi connectivity index (χ2v) is 11.2. The van der Waals surface area contributed by atoms with Gasteiger partial charge in [-0.25, -0.2) is 9.78 Å². The van der Waals surface area contributed by atoms with Crippen LogP contribution in [0, 0.1) is 0 Å². The molecule has 4 rings (SSSR count). The molecule has 2 heterocycles. The predicted octanol–water partition coefficient (Wildman–Crippen LogP) is 5.76. The number of benzene rings is 2. The highest BCUT2D eigenvalue weighted by Crippen LogP contribution is 2.31. The number of hydrogen-bond donors (Lipinski definition) is 1. The first-order valence-corrected chi connectivity index (χ1v) is 12.7. The predicted molar refractivity (Wildman–Crippen MR) is 140 cm³/mol. The summed E-state index contributed by atoms with van der Waals surface area (Å²) in [6.07, 6.45) is 2.27. The van der Waals surface area contributed by atoms with E-state index in [9.17, 15) is 14.7 Å². The van der Waals surface area contributed by atoms with Crippen molar-refractivity contribution < 1.29 is 19.4 Å². The molecule has 2 aromatic carbocycles. The third-order valence-corrected chi connectivity index (χ3v) is 7.03. The number of aryl methyl sites for hydroxylation is 2. The molecule has 1 fully saturated rings.